The maximum Gasteiger partial charge on any atom is 0.314 e. The summed E-state index contributed by atoms with van der Waals surface area (Å²) in [5.74, 6) is 0.106. The predicted molar refractivity (Wildman–Crippen MR) is 107 cm³/mol. The average Bonchev–Trinajstić information content (AvgIpc) is 3.47. The van der Waals surface area contributed by atoms with Gasteiger partial charge in [0.25, 0.3) is 0 Å². The second-order valence-electron chi connectivity index (χ2n) is 7.06. The zero-order chi connectivity index (χ0) is 18.8. The van der Waals surface area contributed by atoms with Gasteiger partial charge in [-0.15, -0.1) is 0 Å². The number of rotatable bonds is 6. The zero-order valence-electron chi connectivity index (χ0n) is 14.8. The summed E-state index contributed by atoms with van der Waals surface area (Å²) in [6.45, 7) is 1.32. The summed E-state index contributed by atoms with van der Waals surface area (Å²) in [6, 6.07) is 6.04. The minimum Gasteiger partial charge on any atom is -0.493 e. The topological polar surface area (TPSA) is 62.1 Å². The molecule has 1 unspecified atom stereocenters. The lowest BCUT2D eigenvalue weighted by atomic mass is 10.1. The lowest BCUT2D eigenvalue weighted by Crippen LogP contribution is -2.21. The molecule has 3 aliphatic rings. The maximum atomic E-state index is 11.3. The van der Waals surface area contributed by atoms with Crippen molar-refractivity contribution in [3.8, 4) is 5.75 Å². The van der Waals surface area contributed by atoms with Crippen molar-refractivity contribution in [3.63, 3.8) is 0 Å². The monoisotopic (exact) mass is 428 g/mol. The Morgan fingerprint density at radius 2 is 2.11 bits per heavy atom. The molecule has 1 aromatic carbocycles. The van der Waals surface area contributed by atoms with Crippen molar-refractivity contribution in [1.29, 1.82) is 0 Å². The van der Waals surface area contributed by atoms with E-state index in [2.05, 4.69) is 27.1 Å². The second kappa shape index (κ2) is 7.72. The van der Waals surface area contributed by atoms with Crippen molar-refractivity contribution in [2.24, 2.45) is 16.9 Å². The minimum absolute atomic E-state index is 0.560. The van der Waals surface area contributed by atoms with Crippen molar-refractivity contribution < 1.29 is 14.6 Å². The van der Waals surface area contributed by atoms with Crippen molar-refractivity contribution in [2.45, 2.75) is 25.8 Å². The van der Waals surface area contributed by atoms with Crippen molar-refractivity contribution >= 4 is 28.1 Å². The van der Waals surface area contributed by atoms with Gasteiger partial charge in [0.05, 0.1) is 24.8 Å². The van der Waals surface area contributed by atoms with Gasteiger partial charge in [0.15, 0.2) is 0 Å². The Labute approximate surface area is 166 Å². The third kappa shape index (κ3) is 4.33. The van der Waals surface area contributed by atoms with Crippen LogP contribution in [-0.2, 0) is 11.3 Å². The molecule has 1 atom stereocenters. The first kappa shape index (κ1) is 18.0. The molecular weight excluding hydrogens is 408 g/mol. The van der Waals surface area contributed by atoms with Crippen LogP contribution in [0.4, 0.5) is 0 Å². The van der Waals surface area contributed by atoms with Gasteiger partial charge in [-0.1, -0.05) is 34.2 Å². The van der Waals surface area contributed by atoms with Gasteiger partial charge in [-0.05, 0) is 48.6 Å². The van der Waals surface area contributed by atoms with Crippen LogP contribution in [0.2, 0.25) is 0 Å². The molecule has 0 bridgehead atoms. The third-order valence-electron chi connectivity index (χ3n) is 4.90. The van der Waals surface area contributed by atoms with Crippen molar-refractivity contribution in [1.82, 2.24) is 5.01 Å². The fourth-order valence-corrected chi connectivity index (χ4v) is 3.56. The molecule has 5 nitrogen and oxygen atoms in total. The first-order chi connectivity index (χ1) is 13.1. The molecule has 1 heterocycles. The molecule has 0 aromatic heterocycles. The highest BCUT2D eigenvalue weighted by molar-refractivity contribution is 9.10. The standard InChI is InChI=1S/C21H21BrN2O3/c22-18-6-8-20(27-13-14-1-2-14)17(11-18)12-24-19-7-5-16(21(25)26)4-3-15(19)9-10-23-24/h3-8,10-11,14,16H,1-2,9,12-13H2,(H,25,26). The lowest BCUT2D eigenvalue weighted by Gasteiger charge is -2.26. The summed E-state index contributed by atoms with van der Waals surface area (Å²) in [4.78, 5) is 11.3. The molecule has 6 heteroatoms. The van der Waals surface area contributed by atoms with E-state index in [0.29, 0.717) is 18.9 Å². The molecule has 27 heavy (non-hydrogen) atoms. The average molecular weight is 429 g/mol. The van der Waals surface area contributed by atoms with Crippen molar-refractivity contribution in [3.05, 3.63) is 63.8 Å². The highest BCUT2D eigenvalue weighted by Gasteiger charge is 2.24. The third-order valence-corrected chi connectivity index (χ3v) is 5.40. The molecule has 1 aliphatic heterocycles. The first-order valence-corrected chi connectivity index (χ1v) is 9.93. The van der Waals surface area contributed by atoms with Gasteiger partial charge in [0.1, 0.15) is 5.75 Å². The summed E-state index contributed by atoms with van der Waals surface area (Å²) >= 11 is 3.54. The minimum atomic E-state index is -0.849. The number of halogens is 1. The van der Waals surface area contributed by atoms with E-state index in [1.165, 1.54) is 12.8 Å². The van der Waals surface area contributed by atoms with Gasteiger partial charge in [-0.2, -0.15) is 5.10 Å². The van der Waals surface area contributed by atoms with Crippen LogP contribution in [0.15, 0.2) is 63.3 Å². The summed E-state index contributed by atoms with van der Waals surface area (Å²) < 4.78 is 7.04. The van der Waals surface area contributed by atoms with E-state index in [4.69, 9.17) is 4.74 Å². The number of ether oxygens (including phenoxy) is 1. The molecule has 1 fully saturated rings. The summed E-state index contributed by atoms with van der Waals surface area (Å²) in [6.07, 6.45) is 12.3. The van der Waals surface area contributed by atoms with Crippen LogP contribution in [0.3, 0.4) is 0 Å². The normalized spacial score (nSPS) is 21.2. The number of carboxylic acid groups (broad SMARTS) is 1. The number of nitrogens with zero attached hydrogens (tertiary/aromatic N) is 2. The van der Waals surface area contributed by atoms with Crippen LogP contribution >= 0.6 is 15.9 Å². The van der Waals surface area contributed by atoms with Crippen LogP contribution in [0.5, 0.6) is 5.75 Å². The predicted octanol–water partition coefficient (Wildman–Crippen LogP) is 4.51. The number of hydrogen-bond donors (Lipinski definition) is 1. The van der Waals surface area contributed by atoms with E-state index in [1.807, 2.05) is 35.5 Å². The van der Waals surface area contributed by atoms with Crippen molar-refractivity contribution in [2.75, 3.05) is 6.61 Å². The Kier molecular flexibility index (Phi) is 5.16. The van der Waals surface area contributed by atoms with Gasteiger partial charge in [0, 0.05) is 22.7 Å². The van der Waals surface area contributed by atoms with Gasteiger partial charge >= 0.3 is 5.97 Å². The number of carboxylic acids is 1. The number of carbonyl (C=O) groups is 1. The Hall–Kier alpha value is -2.34. The number of allylic oxidation sites excluding steroid dienone is 3. The molecule has 1 saturated carbocycles. The molecule has 0 amide bonds. The molecule has 1 aromatic rings. The van der Waals surface area contributed by atoms with E-state index in [-0.39, 0.29) is 0 Å². The van der Waals surface area contributed by atoms with Gasteiger partial charge in [0.2, 0.25) is 0 Å². The summed E-state index contributed by atoms with van der Waals surface area (Å²) in [5.41, 5.74) is 3.05. The molecular formula is C21H21BrN2O3. The Balaban J connectivity index is 1.57. The summed E-state index contributed by atoms with van der Waals surface area (Å²) in [7, 11) is 0. The lowest BCUT2D eigenvalue weighted by molar-refractivity contribution is -0.138. The van der Waals surface area contributed by atoms with Crippen LogP contribution in [0, 0.1) is 11.8 Å². The molecule has 0 radical (unpaired) electrons. The largest absolute Gasteiger partial charge is 0.493 e. The second-order valence-corrected chi connectivity index (χ2v) is 7.97. The van der Waals surface area contributed by atoms with Gasteiger partial charge < -0.3 is 9.84 Å². The fraction of sp³-hybridized carbons (Fsp3) is 0.333. The fourth-order valence-electron chi connectivity index (χ4n) is 3.15. The zero-order valence-corrected chi connectivity index (χ0v) is 16.4. The molecule has 4 rings (SSSR count). The SMILES string of the molecule is O=C(O)C1C=CC2=C(C=C1)N(Cc1cc(Br)ccc1OCC1CC1)N=CC2. The van der Waals surface area contributed by atoms with Gasteiger partial charge in [-0.3, -0.25) is 9.80 Å². The Morgan fingerprint density at radius 3 is 2.89 bits per heavy atom. The smallest absolute Gasteiger partial charge is 0.314 e. The number of aliphatic carboxylic acids is 1. The highest BCUT2D eigenvalue weighted by Crippen LogP contribution is 2.33. The van der Waals surface area contributed by atoms with Crippen LogP contribution in [0.25, 0.3) is 0 Å². The molecule has 0 saturated heterocycles. The molecule has 2 aliphatic carbocycles. The maximum absolute atomic E-state index is 11.3. The molecule has 140 valence electrons. The number of hydrogen-bond acceptors (Lipinski definition) is 4. The van der Waals surface area contributed by atoms with Crippen LogP contribution < -0.4 is 4.74 Å². The Bertz CT molecular complexity index is 868. The van der Waals surface area contributed by atoms with Crippen LogP contribution in [-0.4, -0.2) is 28.9 Å². The van der Waals surface area contributed by atoms with Gasteiger partial charge in [-0.25, -0.2) is 0 Å². The van der Waals surface area contributed by atoms with E-state index in [1.54, 1.807) is 12.2 Å². The highest BCUT2D eigenvalue weighted by atomic mass is 79.9. The molecule has 0 spiro atoms. The van der Waals surface area contributed by atoms with E-state index >= 15 is 0 Å². The number of hydrazone groups is 1. The number of benzene rings is 1. The van der Waals surface area contributed by atoms with E-state index < -0.39 is 11.9 Å². The first-order valence-electron chi connectivity index (χ1n) is 9.14. The quantitative estimate of drug-likeness (QED) is 0.723. The van der Waals surface area contributed by atoms with E-state index in [0.717, 1.165) is 33.7 Å². The summed E-state index contributed by atoms with van der Waals surface area (Å²) in [5, 5.41) is 15.7. The molecule has 1 N–H and O–H groups in total. The van der Waals surface area contributed by atoms with Crippen LogP contribution in [0.1, 0.15) is 24.8 Å². The van der Waals surface area contributed by atoms with E-state index in [9.17, 15) is 9.90 Å². The Morgan fingerprint density at radius 1 is 1.30 bits per heavy atom.